The molecule has 0 saturated carbocycles. The monoisotopic (exact) mass is 383 g/mol. The Balaban J connectivity index is 2.26. The van der Waals surface area contributed by atoms with Crippen LogP contribution in [0.5, 0.6) is 0 Å². The minimum Gasteiger partial charge on any atom is -0.319 e. The Morgan fingerprint density at radius 3 is 2.35 bits per heavy atom. The summed E-state index contributed by atoms with van der Waals surface area (Å²) < 4.78 is 3.04. The number of hydrogen-bond donors (Lipinski definition) is 1. The molecule has 1 aromatic heterocycles. The van der Waals surface area contributed by atoms with Gasteiger partial charge in [0.1, 0.15) is 0 Å². The molecule has 20 heavy (non-hydrogen) atoms. The summed E-state index contributed by atoms with van der Waals surface area (Å²) in [5.41, 5.74) is 3.29. The Kier molecular flexibility index (Phi) is 4.47. The van der Waals surface area contributed by atoms with Crippen molar-refractivity contribution in [2.24, 2.45) is 0 Å². The summed E-state index contributed by atoms with van der Waals surface area (Å²) in [6.45, 7) is 8.04. The molecule has 0 fully saturated rings. The maximum absolute atomic E-state index is 12.3. The summed E-state index contributed by atoms with van der Waals surface area (Å²) in [7, 11) is 0. The van der Waals surface area contributed by atoms with Gasteiger partial charge in [-0.25, -0.2) is 0 Å². The number of halogens is 1. The number of aromatic nitrogens is 2. The molecule has 1 amide bonds. The molecule has 2 aromatic rings. The van der Waals surface area contributed by atoms with Crippen LogP contribution in [-0.4, -0.2) is 15.7 Å². The van der Waals surface area contributed by atoms with Crippen molar-refractivity contribution in [1.29, 1.82) is 0 Å². The van der Waals surface area contributed by atoms with Crippen molar-refractivity contribution < 1.29 is 4.79 Å². The minimum atomic E-state index is -0.101. The zero-order valence-corrected chi connectivity index (χ0v) is 14.2. The Labute approximate surface area is 132 Å². The molecule has 0 aliphatic heterocycles. The number of carbonyl (C=O) groups is 1. The molecule has 0 bridgehead atoms. The van der Waals surface area contributed by atoms with Crippen LogP contribution in [-0.2, 0) is 0 Å². The van der Waals surface area contributed by atoms with Crippen LogP contribution in [0.2, 0.25) is 0 Å². The van der Waals surface area contributed by atoms with Crippen molar-refractivity contribution >= 4 is 34.2 Å². The molecule has 0 unspecified atom stereocenters. The molecule has 0 atom stereocenters. The first-order valence-corrected chi connectivity index (χ1v) is 7.60. The van der Waals surface area contributed by atoms with Crippen molar-refractivity contribution in [1.82, 2.24) is 9.78 Å². The molecule has 2 rings (SSSR count). The predicted molar refractivity (Wildman–Crippen MR) is 89.2 cm³/mol. The number of amides is 1. The summed E-state index contributed by atoms with van der Waals surface area (Å²) in [6.07, 6.45) is 0. The van der Waals surface area contributed by atoms with E-state index in [0.29, 0.717) is 5.56 Å². The van der Waals surface area contributed by atoms with E-state index in [-0.39, 0.29) is 11.9 Å². The third-order valence-corrected chi connectivity index (χ3v) is 3.88. The van der Waals surface area contributed by atoms with Gasteiger partial charge >= 0.3 is 0 Å². The summed E-state index contributed by atoms with van der Waals surface area (Å²) in [5.74, 6) is -0.101. The van der Waals surface area contributed by atoms with Gasteiger partial charge in [-0.2, -0.15) is 5.10 Å². The highest BCUT2D eigenvalue weighted by Gasteiger charge is 2.16. The van der Waals surface area contributed by atoms with Crippen LogP contribution in [0.4, 0.5) is 5.69 Å². The van der Waals surface area contributed by atoms with Crippen molar-refractivity contribution in [3.63, 3.8) is 0 Å². The lowest BCUT2D eigenvalue weighted by molar-refractivity contribution is 0.102. The zero-order chi connectivity index (χ0) is 14.9. The van der Waals surface area contributed by atoms with Gasteiger partial charge in [0.15, 0.2) is 0 Å². The SMILES string of the molecule is Cc1nn(C(C)C)c(C)c1NC(=O)c1ccc(I)cc1. The highest BCUT2D eigenvalue weighted by molar-refractivity contribution is 14.1. The van der Waals surface area contributed by atoms with Crippen LogP contribution >= 0.6 is 22.6 Å². The van der Waals surface area contributed by atoms with Crippen LogP contribution < -0.4 is 5.32 Å². The number of hydrogen-bond acceptors (Lipinski definition) is 2. The largest absolute Gasteiger partial charge is 0.319 e. The van der Waals surface area contributed by atoms with Gasteiger partial charge < -0.3 is 5.32 Å². The topological polar surface area (TPSA) is 46.9 Å². The molecular formula is C15H18IN3O. The number of rotatable bonds is 3. The lowest BCUT2D eigenvalue weighted by Crippen LogP contribution is -2.13. The standard InChI is InChI=1S/C15H18IN3O/c1-9(2)19-11(4)14(10(3)18-19)17-15(20)12-5-7-13(16)8-6-12/h5-9H,1-4H3,(H,17,20). The van der Waals surface area contributed by atoms with E-state index in [1.165, 1.54) is 0 Å². The summed E-state index contributed by atoms with van der Waals surface area (Å²) >= 11 is 2.22. The summed E-state index contributed by atoms with van der Waals surface area (Å²) in [5, 5.41) is 7.44. The van der Waals surface area contributed by atoms with E-state index >= 15 is 0 Å². The number of carbonyl (C=O) groups excluding carboxylic acids is 1. The molecular weight excluding hydrogens is 365 g/mol. The van der Waals surface area contributed by atoms with E-state index in [4.69, 9.17) is 0 Å². The number of anilines is 1. The third-order valence-electron chi connectivity index (χ3n) is 3.16. The molecule has 4 nitrogen and oxygen atoms in total. The van der Waals surface area contributed by atoms with Crippen molar-refractivity contribution in [2.45, 2.75) is 33.7 Å². The molecule has 0 radical (unpaired) electrons. The fourth-order valence-electron chi connectivity index (χ4n) is 2.13. The highest BCUT2D eigenvalue weighted by atomic mass is 127. The Morgan fingerprint density at radius 1 is 1.25 bits per heavy atom. The second-order valence-corrected chi connectivity index (χ2v) is 6.29. The average Bonchev–Trinajstić information content (AvgIpc) is 2.67. The van der Waals surface area contributed by atoms with Crippen LogP contribution in [0.3, 0.4) is 0 Å². The number of aryl methyl sites for hydroxylation is 1. The maximum Gasteiger partial charge on any atom is 0.255 e. The van der Waals surface area contributed by atoms with Gasteiger partial charge in [-0.1, -0.05) is 0 Å². The normalized spacial score (nSPS) is 10.9. The predicted octanol–water partition coefficient (Wildman–Crippen LogP) is 3.94. The molecule has 0 aliphatic rings. The Morgan fingerprint density at radius 2 is 1.85 bits per heavy atom. The van der Waals surface area contributed by atoms with Gasteiger partial charge in [0.25, 0.3) is 5.91 Å². The van der Waals surface area contributed by atoms with Crippen molar-refractivity contribution in [3.8, 4) is 0 Å². The van der Waals surface area contributed by atoms with Gasteiger partial charge in [0.2, 0.25) is 0 Å². The van der Waals surface area contributed by atoms with E-state index in [1.54, 1.807) is 0 Å². The van der Waals surface area contributed by atoms with Crippen molar-refractivity contribution in [3.05, 3.63) is 44.8 Å². The molecule has 1 N–H and O–H groups in total. The van der Waals surface area contributed by atoms with Crippen LogP contribution in [0.25, 0.3) is 0 Å². The van der Waals surface area contributed by atoms with Crippen LogP contribution in [0, 0.1) is 17.4 Å². The quantitative estimate of drug-likeness (QED) is 0.817. The average molecular weight is 383 g/mol. The number of benzene rings is 1. The lowest BCUT2D eigenvalue weighted by Gasteiger charge is -2.09. The molecule has 1 heterocycles. The Hall–Kier alpha value is -1.37. The first kappa shape index (κ1) is 15.0. The fourth-order valence-corrected chi connectivity index (χ4v) is 2.49. The molecule has 106 valence electrons. The number of nitrogens with zero attached hydrogens (tertiary/aromatic N) is 2. The highest BCUT2D eigenvalue weighted by Crippen LogP contribution is 2.23. The third kappa shape index (κ3) is 3.03. The first-order chi connectivity index (χ1) is 9.40. The van der Waals surface area contributed by atoms with E-state index in [2.05, 4.69) is 46.9 Å². The van der Waals surface area contributed by atoms with Gasteiger partial charge in [0.05, 0.1) is 17.1 Å². The lowest BCUT2D eigenvalue weighted by atomic mass is 10.2. The maximum atomic E-state index is 12.3. The van der Waals surface area contributed by atoms with Gasteiger partial charge in [-0.3, -0.25) is 9.48 Å². The molecule has 0 aliphatic carbocycles. The second kappa shape index (κ2) is 5.95. The van der Waals surface area contributed by atoms with Gasteiger partial charge in [-0.05, 0) is 74.6 Å². The molecule has 0 spiro atoms. The van der Waals surface area contributed by atoms with E-state index < -0.39 is 0 Å². The smallest absolute Gasteiger partial charge is 0.255 e. The molecule has 5 heteroatoms. The summed E-state index contributed by atoms with van der Waals surface area (Å²) in [6, 6.07) is 7.78. The van der Waals surface area contributed by atoms with Crippen LogP contribution in [0.1, 0.15) is 41.6 Å². The van der Waals surface area contributed by atoms with E-state index in [1.807, 2.05) is 42.8 Å². The molecule has 1 aromatic carbocycles. The second-order valence-electron chi connectivity index (χ2n) is 5.05. The molecule has 0 saturated heterocycles. The zero-order valence-electron chi connectivity index (χ0n) is 12.1. The van der Waals surface area contributed by atoms with E-state index in [9.17, 15) is 4.79 Å². The fraction of sp³-hybridized carbons (Fsp3) is 0.333. The first-order valence-electron chi connectivity index (χ1n) is 6.52. The van der Waals surface area contributed by atoms with Crippen molar-refractivity contribution in [2.75, 3.05) is 5.32 Å². The number of nitrogens with one attached hydrogen (secondary N) is 1. The summed E-state index contributed by atoms with van der Waals surface area (Å²) in [4.78, 5) is 12.3. The van der Waals surface area contributed by atoms with Gasteiger partial charge in [0, 0.05) is 15.2 Å². The minimum absolute atomic E-state index is 0.101. The van der Waals surface area contributed by atoms with Gasteiger partial charge in [-0.15, -0.1) is 0 Å². The van der Waals surface area contributed by atoms with E-state index in [0.717, 1.165) is 20.6 Å². The Bertz CT molecular complexity index is 629. The van der Waals surface area contributed by atoms with Crippen LogP contribution in [0.15, 0.2) is 24.3 Å².